The first-order valence-corrected chi connectivity index (χ1v) is 12.7. The number of nitrogens with one attached hydrogen (secondary N) is 1. The van der Waals surface area contributed by atoms with Gasteiger partial charge in [0.2, 0.25) is 0 Å². The lowest BCUT2D eigenvalue weighted by molar-refractivity contribution is 0.0315. The van der Waals surface area contributed by atoms with Gasteiger partial charge in [0.05, 0.1) is 17.4 Å². The first-order valence-electron chi connectivity index (χ1n) is 10.9. The first-order chi connectivity index (χ1) is 14.0. The smallest absolute Gasteiger partial charge is 0.150 e. The summed E-state index contributed by atoms with van der Waals surface area (Å²) in [4.78, 5) is 5.10. The van der Waals surface area contributed by atoms with E-state index in [1.165, 1.54) is 6.42 Å². The average Bonchev–Trinajstić information content (AvgIpc) is 2.71. The third-order valence-corrected chi connectivity index (χ3v) is 7.89. The molecule has 0 aliphatic carbocycles. The van der Waals surface area contributed by atoms with Gasteiger partial charge in [0, 0.05) is 44.2 Å². The van der Waals surface area contributed by atoms with E-state index in [-0.39, 0.29) is 5.75 Å². The molecule has 2 aliphatic rings. The lowest BCUT2D eigenvalue weighted by Crippen LogP contribution is -2.53. The molecule has 1 aromatic rings. The SMILES string of the molecule is CCS(=O)(=O)CCCN1CC2CC(CN(CCCNc3ccc(C#N)cc3)C2)C1. The van der Waals surface area contributed by atoms with Gasteiger partial charge in [0.25, 0.3) is 0 Å². The Morgan fingerprint density at radius 3 is 2.17 bits per heavy atom. The highest BCUT2D eigenvalue weighted by Crippen LogP contribution is 2.28. The van der Waals surface area contributed by atoms with Crippen molar-refractivity contribution in [3.8, 4) is 6.07 Å². The second-order valence-electron chi connectivity index (χ2n) is 8.55. The van der Waals surface area contributed by atoms with Crippen molar-refractivity contribution in [2.45, 2.75) is 26.2 Å². The Labute approximate surface area is 175 Å². The fourth-order valence-electron chi connectivity index (χ4n) is 4.71. The lowest BCUT2D eigenvalue weighted by atomic mass is 9.84. The summed E-state index contributed by atoms with van der Waals surface area (Å²) in [6, 6.07) is 9.76. The van der Waals surface area contributed by atoms with Crippen LogP contribution in [0.3, 0.4) is 0 Å². The van der Waals surface area contributed by atoms with Gasteiger partial charge in [-0.15, -0.1) is 0 Å². The Bertz CT molecular complexity index is 774. The monoisotopic (exact) mass is 418 g/mol. The van der Waals surface area contributed by atoms with Crippen molar-refractivity contribution in [2.75, 3.05) is 62.6 Å². The molecule has 29 heavy (non-hydrogen) atoms. The number of piperidine rings is 2. The van der Waals surface area contributed by atoms with Crippen molar-refractivity contribution in [1.29, 1.82) is 5.26 Å². The molecule has 0 radical (unpaired) electrons. The highest BCUT2D eigenvalue weighted by molar-refractivity contribution is 7.91. The molecule has 2 heterocycles. The van der Waals surface area contributed by atoms with E-state index >= 15 is 0 Å². The summed E-state index contributed by atoms with van der Waals surface area (Å²) in [5, 5.41) is 12.3. The van der Waals surface area contributed by atoms with Crippen molar-refractivity contribution < 1.29 is 8.42 Å². The Morgan fingerprint density at radius 2 is 1.62 bits per heavy atom. The van der Waals surface area contributed by atoms with Crippen molar-refractivity contribution in [2.24, 2.45) is 11.8 Å². The van der Waals surface area contributed by atoms with E-state index < -0.39 is 9.84 Å². The zero-order valence-corrected chi connectivity index (χ0v) is 18.3. The first kappa shape index (κ1) is 22.1. The van der Waals surface area contributed by atoms with Gasteiger partial charge in [-0.25, -0.2) is 8.42 Å². The minimum absolute atomic E-state index is 0.257. The molecule has 1 aromatic carbocycles. The largest absolute Gasteiger partial charge is 0.385 e. The molecule has 2 aliphatic heterocycles. The second kappa shape index (κ2) is 10.4. The molecular formula is C22H34N4O2S. The summed E-state index contributed by atoms with van der Waals surface area (Å²) in [7, 11) is -2.84. The van der Waals surface area contributed by atoms with Crippen LogP contribution in [0.15, 0.2) is 24.3 Å². The molecule has 2 bridgehead atoms. The van der Waals surface area contributed by atoms with Crippen LogP contribution in [0.4, 0.5) is 5.69 Å². The van der Waals surface area contributed by atoms with Crippen LogP contribution in [0.25, 0.3) is 0 Å². The van der Waals surface area contributed by atoms with Crippen LogP contribution in [0.1, 0.15) is 31.7 Å². The van der Waals surface area contributed by atoms with E-state index in [1.54, 1.807) is 6.92 Å². The molecule has 6 nitrogen and oxygen atoms in total. The maximum absolute atomic E-state index is 11.7. The summed E-state index contributed by atoms with van der Waals surface area (Å²) in [5.41, 5.74) is 1.76. The van der Waals surface area contributed by atoms with E-state index in [2.05, 4.69) is 21.2 Å². The summed E-state index contributed by atoms with van der Waals surface area (Å²) < 4.78 is 23.4. The van der Waals surface area contributed by atoms with E-state index in [9.17, 15) is 8.42 Å². The Morgan fingerprint density at radius 1 is 1.03 bits per heavy atom. The van der Waals surface area contributed by atoms with Gasteiger partial charge in [-0.05, 0) is 68.5 Å². The van der Waals surface area contributed by atoms with Crippen molar-refractivity contribution in [3.05, 3.63) is 29.8 Å². The summed E-state index contributed by atoms with van der Waals surface area (Å²) >= 11 is 0. The number of rotatable bonds is 10. The average molecular weight is 419 g/mol. The molecular weight excluding hydrogens is 384 g/mol. The zero-order valence-electron chi connectivity index (χ0n) is 17.5. The second-order valence-corrected chi connectivity index (χ2v) is 11.0. The van der Waals surface area contributed by atoms with Crippen LogP contribution >= 0.6 is 0 Å². The van der Waals surface area contributed by atoms with E-state index in [0.717, 1.165) is 76.2 Å². The molecule has 2 fully saturated rings. The number of fused-ring (bicyclic) bond motifs is 2. The number of nitrogens with zero attached hydrogens (tertiary/aromatic N) is 3. The molecule has 2 unspecified atom stereocenters. The van der Waals surface area contributed by atoms with Crippen LogP contribution in [0, 0.1) is 23.2 Å². The summed E-state index contributed by atoms with van der Waals surface area (Å²) in [6.45, 7) is 9.26. The number of nitriles is 1. The van der Waals surface area contributed by atoms with Gasteiger partial charge in [-0.1, -0.05) is 6.92 Å². The molecule has 1 N–H and O–H groups in total. The van der Waals surface area contributed by atoms with Crippen LogP contribution in [-0.4, -0.2) is 75.5 Å². The van der Waals surface area contributed by atoms with E-state index in [1.807, 2.05) is 24.3 Å². The van der Waals surface area contributed by atoms with Crippen molar-refractivity contribution >= 4 is 15.5 Å². The maximum atomic E-state index is 11.7. The topological polar surface area (TPSA) is 76.4 Å². The van der Waals surface area contributed by atoms with Crippen molar-refractivity contribution in [3.63, 3.8) is 0 Å². The number of sulfone groups is 1. The van der Waals surface area contributed by atoms with Gasteiger partial charge in [-0.2, -0.15) is 5.26 Å². The third-order valence-electron chi connectivity index (χ3n) is 6.10. The third kappa shape index (κ3) is 6.98. The molecule has 2 atom stereocenters. The Balaban J connectivity index is 1.34. The Kier molecular flexibility index (Phi) is 7.93. The van der Waals surface area contributed by atoms with Gasteiger partial charge in [-0.3, -0.25) is 0 Å². The predicted molar refractivity (Wildman–Crippen MR) is 118 cm³/mol. The fourth-order valence-corrected chi connectivity index (χ4v) is 5.57. The molecule has 0 saturated carbocycles. The standard InChI is InChI=1S/C22H34N4O2S/c1-2-29(27,28)12-4-11-26-17-20-13-21(18-26)16-25(15-20)10-3-9-24-22-7-5-19(14-23)6-8-22/h5-8,20-21,24H,2-4,9-13,15-18H2,1H3. The quantitative estimate of drug-likeness (QED) is 0.588. The lowest BCUT2D eigenvalue weighted by Gasteiger charge is -2.46. The summed E-state index contributed by atoms with van der Waals surface area (Å²) in [5.74, 6) is 2.02. The van der Waals surface area contributed by atoms with E-state index in [0.29, 0.717) is 11.3 Å². The number of benzene rings is 1. The highest BCUT2D eigenvalue weighted by atomic mass is 32.2. The highest BCUT2D eigenvalue weighted by Gasteiger charge is 2.33. The number of hydrogen-bond acceptors (Lipinski definition) is 6. The maximum Gasteiger partial charge on any atom is 0.150 e. The molecule has 0 aromatic heterocycles. The summed E-state index contributed by atoms with van der Waals surface area (Å²) in [6.07, 6.45) is 3.20. The molecule has 7 heteroatoms. The molecule has 2 saturated heterocycles. The fraction of sp³-hybridized carbons (Fsp3) is 0.682. The van der Waals surface area contributed by atoms with Crippen LogP contribution < -0.4 is 5.32 Å². The number of anilines is 1. The minimum atomic E-state index is -2.84. The van der Waals surface area contributed by atoms with Crippen LogP contribution in [-0.2, 0) is 9.84 Å². The van der Waals surface area contributed by atoms with Crippen LogP contribution in [0.5, 0.6) is 0 Å². The Hall–Kier alpha value is -1.62. The normalized spacial score (nSPS) is 22.9. The molecule has 0 amide bonds. The molecule has 0 spiro atoms. The molecule has 3 rings (SSSR count). The van der Waals surface area contributed by atoms with Crippen LogP contribution in [0.2, 0.25) is 0 Å². The molecule has 160 valence electrons. The van der Waals surface area contributed by atoms with E-state index in [4.69, 9.17) is 5.26 Å². The zero-order chi connectivity index (χ0) is 20.7. The van der Waals surface area contributed by atoms with Crippen molar-refractivity contribution in [1.82, 2.24) is 9.80 Å². The minimum Gasteiger partial charge on any atom is -0.385 e. The van der Waals surface area contributed by atoms with Gasteiger partial charge in [0.1, 0.15) is 9.84 Å². The van der Waals surface area contributed by atoms with Gasteiger partial charge >= 0.3 is 0 Å². The number of hydrogen-bond donors (Lipinski definition) is 1. The predicted octanol–water partition coefficient (Wildman–Crippen LogP) is 2.44. The number of likely N-dealkylation sites (tertiary alicyclic amines) is 2. The van der Waals surface area contributed by atoms with Gasteiger partial charge < -0.3 is 15.1 Å². The van der Waals surface area contributed by atoms with Gasteiger partial charge in [0.15, 0.2) is 0 Å².